The van der Waals surface area contributed by atoms with Crippen LogP contribution in [-0.2, 0) is 21.4 Å². The molecule has 0 bridgehead atoms. The van der Waals surface area contributed by atoms with Crippen LogP contribution in [0.2, 0.25) is 10.0 Å². The Morgan fingerprint density at radius 3 is 2.24 bits per heavy atom. The molecule has 10 heteroatoms. The van der Waals surface area contributed by atoms with Gasteiger partial charge in [0, 0.05) is 16.6 Å². The molecule has 0 aliphatic rings. The average molecular weight is 511 g/mol. The summed E-state index contributed by atoms with van der Waals surface area (Å²) >= 11 is 11.9. The van der Waals surface area contributed by atoms with Gasteiger partial charge in [-0.15, -0.1) is 0 Å². The van der Waals surface area contributed by atoms with Crippen LogP contribution in [0, 0.1) is 5.82 Å². The van der Waals surface area contributed by atoms with E-state index in [1.807, 2.05) is 0 Å². The van der Waals surface area contributed by atoms with Gasteiger partial charge in [0.2, 0.25) is 5.91 Å². The van der Waals surface area contributed by atoms with Crippen molar-refractivity contribution in [2.45, 2.75) is 24.4 Å². The van der Waals surface area contributed by atoms with Gasteiger partial charge >= 0.3 is 0 Å². The Morgan fingerprint density at radius 2 is 1.64 bits per heavy atom. The third kappa shape index (κ3) is 5.76. The monoisotopic (exact) mass is 510 g/mol. The second-order valence-corrected chi connectivity index (χ2v) is 9.78. The maximum atomic E-state index is 14.7. The minimum absolute atomic E-state index is 0.119. The van der Waals surface area contributed by atoms with Gasteiger partial charge in [0.1, 0.15) is 17.6 Å². The number of hydrogen-bond acceptors (Lipinski definition) is 4. The number of ether oxygens (including phenoxy) is 1. The van der Waals surface area contributed by atoms with Crippen molar-refractivity contribution in [1.82, 2.24) is 5.32 Å². The van der Waals surface area contributed by atoms with E-state index in [2.05, 4.69) is 5.32 Å². The van der Waals surface area contributed by atoms with Gasteiger partial charge in [0.05, 0.1) is 17.7 Å². The minimum Gasteiger partial charge on any atom is -0.497 e. The molecule has 33 heavy (non-hydrogen) atoms. The third-order valence-corrected chi connectivity index (χ3v) is 7.26. The van der Waals surface area contributed by atoms with E-state index >= 15 is 0 Å². The summed E-state index contributed by atoms with van der Waals surface area (Å²) < 4.78 is 47.5. The topological polar surface area (TPSA) is 75.7 Å². The quantitative estimate of drug-likeness (QED) is 0.460. The maximum Gasteiger partial charge on any atom is 0.265 e. The van der Waals surface area contributed by atoms with Crippen molar-refractivity contribution < 1.29 is 22.3 Å². The first kappa shape index (κ1) is 24.8. The summed E-state index contributed by atoms with van der Waals surface area (Å²) in [6.07, 6.45) is 0. The van der Waals surface area contributed by atoms with Crippen LogP contribution in [-0.4, -0.2) is 27.5 Å². The van der Waals surface area contributed by atoms with Crippen LogP contribution >= 0.6 is 23.2 Å². The third-order valence-electron chi connectivity index (χ3n) is 4.87. The van der Waals surface area contributed by atoms with Crippen molar-refractivity contribution in [3.05, 3.63) is 88.2 Å². The highest BCUT2D eigenvalue weighted by atomic mass is 35.5. The molecule has 1 amide bonds. The van der Waals surface area contributed by atoms with E-state index in [1.165, 1.54) is 37.3 Å². The molecule has 0 aromatic heterocycles. The molecule has 1 N–H and O–H groups in total. The number of methoxy groups -OCH3 is 1. The number of benzene rings is 3. The zero-order chi connectivity index (χ0) is 24.2. The van der Waals surface area contributed by atoms with Crippen molar-refractivity contribution in [2.24, 2.45) is 0 Å². The molecule has 0 heterocycles. The highest BCUT2D eigenvalue weighted by Crippen LogP contribution is 2.31. The van der Waals surface area contributed by atoms with Crippen molar-refractivity contribution in [3.63, 3.8) is 0 Å². The van der Waals surface area contributed by atoms with Crippen molar-refractivity contribution >= 4 is 44.8 Å². The van der Waals surface area contributed by atoms with E-state index in [4.69, 9.17) is 27.9 Å². The van der Waals surface area contributed by atoms with Crippen molar-refractivity contribution in [1.29, 1.82) is 0 Å². The lowest BCUT2D eigenvalue weighted by Gasteiger charge is -2.30. The number of carbonyl (C=O) groups is 1. The predicted molar refractivity (Wildman–Crippen MR) is 127 cm³/mol. The van der Waals surface area contributed by atoms with Gasteiger partial charge in [-0.3, -0.25) is 9.10 Å². The maximum absolute atomic E-state index is 14.7. The molecule has 3 rings (SSSR count). The fourth-order valence-corrected chi connectivity index (χ4v) is 5.02. The normalized spacial score (nSPS) is 12.2. The lowest BCUT2D eigenvalue weighted by molar-refractivity contribution is -0.122. The SMILES string of the molecule is COc1ccc(CNC(=O)C(C)N(c2cc(Cl)ccc2F)S(=O)(=O)c2ccc(Cl)cc2)cc1. The molecule has 3 aromatic rings. The van der Waals surface area contributed by atoms with Gasteiger partial charge < -0.3 is 10.1 Å². The van der Waals surface area contributed by atoms with Crippen LogP contribution in [0.4, 0.5) is 10.1 Å². The highest BCUT2D eigenvalue weighted by Gasteiger charge is 2.35. The zero-order valence-corrected chi connectivity index (χ0v) is 20.1. The fourth-order valence-electron chi connectivity index (χ4n) is 3.11. The molecular formula is C23H21Cl2FN2O4S. The largest absolute Gasteiger partial charge is 0.497 e. The number of halogens is 3. The zero-order valence-electron chi connectivity index (χ0n) is 17.8. The number of nitrogens with one attached hydrogen (secondary N) is 1. The van der Waals surface area contributed by atoms with Gasteiger partial charge in [-0.1, -0.05) is 35.3 Å². The van der Waals surface area contributed by atoms with Gasteiger partial charge in [-0.25, -0.2) is 12.8 Å². The van der Waals surface area contributed by atoms with Crippen LogP contribution in [0.1, 0.15) is 12.5 Å². The second-order valence-electron chi connectivity index (χ2n) is 7.09. The molecule has 0 saturated carbocycles. The number of sulfonamides is 1. The van der Waals surface area contributed by atoms with Crippen molar-refractivity contribution in [2.75, 3.05) is 11.4 Å². The van der Waals surface area contributed by atoms with Crippen LogP contribution in [0.15, 0.2) is 71.6 Å². The number of carbonyl (C=O) groups excluding carboxylic acids is 1. The van der Waals surface area contributed by atoms with E-state index in [9.17, 15) is 17.6 Å². The summed E-state index contributed by atoms with van der Waals surface area (Å²) in [5.41, 5.74) is 0.432. The standard InChI is InChI=1S/C23H21Cl2FN2O4S/c1-15(23(29)27-14-16-3-8-19(32-2)9-4-16)28(22-13-18(25)7-12-21(22)26)33(30,31)20-10-5-17(24)6-11-20/h3-13,15H,14H2,1-2H3,(H,27,29). The lowest BCUT2D eigenvalue weighted by atomic mass is 10.2. The van der Waals surface area contributed by atoms with Crippen LogP contribution in [0.3, 0.4) is 0 Å². The summed E-state index contributed by atoms with van der Waals surface area (Å²) in [7, 11) is -2.80. The minimum atomic E-state index is -4.35. The summed E-state index contributed by atoms with van der Waals surface area (Å²) in [5, 5.41) is 3.14. The predicted octanol–water partition coefficient (Wildman–Crippen LogP) is 5.04. The first-order chi connectivity index (χ1) is 15.6. The first-order valence-electron chi connectivity index (χ1n) is 9.79. The lowest BCUT2D eigenvalue weighted by Crippen LogP contribution is -2.48. The highest BCUT2D eigenvalue weighted by molar-refractivity contribution is 7.93. The molecule has 6 nitrogen and oxygen atoms in total. The summed E-state index contributed by atoms with van der Waals surface area (Å²) in [6, 6.07) is 14.6. The van der Waals surface area contributed by atoms with Gasteiger partial charge in [-0.05, 0) is 67.1 Å². The number of rotatable bonds is 8. The number of hydrogen-bond donors (Lipinski definition) is 1. The van der Waals surface area contributed by atoms with E-state index < -0.39 is 27.8 Å². The van der Waals surface area contributed by atoms with Gasteiger partial charge in [0.15, 0.2) is 0 Å². The van der Waals surface area contributed by atoms with E-state index in [0.717, 1.165) is 22.0 Å². The summed E-state index contributed by atoms with van der Waals surface area (Å²) in [4.78, 5) is 12.8. The molecular weight excluding hydrogens is 490 g/mol. The van der Waals surface area contributed by atoms with Gasteiger partial charge in [0.25, 0.3) is 10.0 Å². The second kappa shape index (κ2) is 10.4. The van der Waals surface area contributed by atoms with Gasteiger partial charge in [-0.2, -0.15) is 0 Å². The molecule has 0 aliphatic carbocycles. The molecule has 0 spiro atoms. The van der Waals surface area contributed by atoms with E-state index in [-0.39, 0.29) is 22.2 Å². The van der Waals surface area contributed by atoms with Crippen LogP contribution in [0.5, 0.6) is 5.75 Å². The number of amides is 1. The molecule has 174 valence electrons. The summed E-state index contributed by atoms with van der Waals surface area (Å²) in [6.45, 7) is 1.51. The molecule has 0 aliphatic heterocycles. The summed E-state index contributed by atoms with van der Waals surface area (Å²) in [5.74, 6) is -0.801. The average Bonchev–Trinajstić information content (AvgIpc) is 2.80. The Labute approximate surface area is 201 Å². The number of anilines is 1. The molecule has 0 fully saturated rings. The molecule has 0 radical (unpaired) electrons. The smallest absolute Gasteiger partial charge is 0.265 e. The Morgan fingerprint density at radius 1 is 1.03 bits per heavy atom. The van der Waals surface area contributed by atoms with Crippen LogP contribution in [0.25, 0.3) is 0 Å². The number of nitrogens with zero attached hydrogens (tertiary/aromatic N) is 1. The Balaban J connectivity index is 1.94. The van der Waals surface area contributed by atoms with E-state index in [0.29, 0.717) is 10.8 Å². The van der Waals surface area contributed by atoms with Crippen LogP contribution < -0.4 is 14.4 Å². The van der Waals surface area contributed by atoms with Crippen molar-refractivity contribution in [3.8, 4) is 5.75 Å². The Bertz CT molecular complexity index is 1240. The molecule has 3 aromatic carbocycles. The Hall–Kier alpha value is -2.81. The molecule has 1 unspecified atom stereocenters. The van der Waals surface area contributed by atoms with E-state index in [1.54, 1.807) is 31.4 Å². The Kier molecular flexibility index (Phi) is 7.84. The fraction of sp³-hybridized carbons (Fsp3) is 0.174. The first-order valence-corrected chi connectivity index (χ1v) is 12.0. The molecule has 0 saturated heterocycles. The molecule has 1 atom stereocenters.